The molecule has 0 aromatic heterocycles. The van der Waals surface area contributed by atoms with E-state index in [4.69, 9.17) is 10.8 Å². The van der Waals surface area contributed by atoms with Gasteiger partial charge in [0.05, 0.1) is 12.5 Å². The molecule has 3 atom stereocenters. The van der Waals surface area contributed by atoms with Crippen molar-refractivity contribution in [2.75, 3.05) is 0 Å². The summed E-state index contributed by atoms with van der Waals surface area (Å²) in [6.07, 6.45) is -0.256. The van der Waals surface area contributed by atoms with Crippen molar-refractivity contribution in [2.45, 2.75) is 51.2 Å². The summed E-state index contributed by atoms with van der Waals surface area (Å²) >= 11 is 0. The molecular weight excluding hydrogens is 366 g/mol. The van der Waals surface area contributed by atoms with Gasteiger partial charge in [-0.3, -0.25) is 14.4 Å². The van der Waals surface area contributed by atoms with Gasteiger partial charge in [-0.2, -0.15) is 0 Å². The van der Waals surface area contributed by atoms with Crippen LogP contribution in [0.25, 0.3) is 0 Å². The van der Waals surface area contributed by atoms with Crippen LogP contribution in [-0.4, -0.2) is 52.1 Å². The Hall–Kier alpha value is -2.94. The smallest absolute Gasteiger partial charge is 0.326 e. The van der Waals surface area contributed by atoms with Crippen LogP contribution in [0, 0.1) is 5.92 Å². The molecule has 3 unspecified atom stereocenters. The third-order valence-corrected chi connectivity index (χ3v) is 3.97. The topological polar surface area (TPSA) is 159 Å². The molecule has 0 aliphatic carbocycles. The molecule has 1 rings (SSSR count). The summed E-state index contributed by atoms with van der Waals surface area (Å²) in [5, 5.41) is 23.0. The van der Waals surface area contributed by atoms with Crippen LogP contribution in [0.15, 0.2) is 30.3 Å². The van der Waals surface area contributed by atoms with Crippen LogP contribution in [0.1, 0.15) is 32.3 Å². The fraction of sp³-hybridized carbons (Fsp3) is 0.474. The fourth-order valence-electron chi connectivity index (χ4n) is 2.58. The first-order chi connectivity index (χ1) is 13.1. The van der Waals surface area contributed by atoms with Crippen molar-refractivity contribution in [3.8, 4) is 0 Å². The van der Waals surface area contributed by atoms with E-state index >= 15 is 0 Å². The maximum atomic E-state index is 12.7. The predicted octanol–water partition coefficient (Wildman–Crippen LogP) is 0.131. The SMILES string of the molecule is CC(C)CC(NC(=O)C(Cc1ccccc1)NC(=O)C(N)CC(=O)O)C(=O)O. The van der Waals surface area contributed by atoms with Crippen LogP contribution < -0.4 is 16.4 Å². The zero-order chi connectivity index (χ0) is 21.3. The normalized spacial score (nSPS) is 14.0. The molecule has 0 saturated carbocycles. The first kappa shape index (κ1) is 23.1. The molecule has 2 amide bonds. The second-order valence-electron chi connectivity index (χ2n) is 6.98. The highest BCUT2D eigenvalue weighted by Crippen LogP contribution is 2.08. The first-order valence-electron chi connectivity index (χ1n) is 8.95. The quantitative estimate of drug-likeness (QED) is 0.357. The monoisotopic (exact) mass is 393 g/mol. The number of nitrogens with two attached hydrogens (primary N) is 1. The second kappa shape index (κ2) is 11.0. The van der Waals surface area contributed by atoms with E-state index in [0.29, 0.717) is 0 Å². The largest absolute Gasteiger partial charge is 0.481 e. The van der Waals surface area contributed by atoms with Gasteiger partial charge in [-0.15, -0.1) is 0 Å². The van der Waals surface area contributed by atoms with E-state index in [9.17, 15) is 24.3 Å². The average Bonchev–Trinajstić information content (AvgIpc) is 2.60. The number of rotatable bonds is 11. The van der Waals surface area contributed by atoms with E-state index < -0.39 is 48.3 Å². The molecule has 0 heterocycles. The summed E-state index contributed by atoms with van der Waals surface area (Å²) in [5.41, 5.74) is 6.30. The fourth-order valence-corrected chi connectivity index (χ4v) is 2.58. The van der Waals surface area contributed by atoms with Crippen LogP contribution in [-0.2, 0) is 25.6 Å². The summed E-state index contributed by atoms with van der Waals surface area (Å²) in [6, 6.07) is 5.32. The number of nitrogens with one attached hydrogen (secondary N) is 2. The van der Waals surface area contributed by atoms with Gasteiger partial charge in [-0.25, -0.2) is 4.79 Å². The molecule has 0 spiro atoms. The van der Waals surface area contributed by atoms with Gasteiger partial charge in [0.25, 0.3) is 0 Å². The standard InChI is InChI=1S/C19H27N3O6/c1-11(2)8-15(19(27)28)22-18(26)14(9-12-6-4-3-5-7-12)21-17(25)13(20)10-16(23)24/h3-7,11,13-15H,8-10,20H2,1-2H3,(H,21,25)(H,22,26)(H,23,24)(H,27,28). The minimum absolute atomic E-state index is 0.0348. The summed E-state index contributed by atoms with van der Waals surface area (Å²) < 4.78 is 0. The molecule has 0 saturated heterocycles. The minimum Gasteiger partial charge on any atom is -0.481 e. The van der Waals surface area contributed by atoms with Crippen molar-refractivity contribution in [1.29, 1.82) is 0 Å². The van der Waals surface area contributed by atoms with Crippen LogP contribution in [0.4, 0.5) is 0 Å². The lowest BCUT2D eigenvalue weighted by atomic mass is 10.0. The molecule has 0 bridgehead atoms. The Labute approximate surface area is 163 Å². The Morgan fingerprint density at radius 3 is 2.04 bits per heavy atom. The zero-order valence-electron chi connectivity index (χ0n) is 15.9. The summed E-state index contributed by atoms with van der Waals surface area (Å²) in [4.78, 5) is 47.0. The predicted molar refractivity (Wildman–Crippen MR) is 101 cm³/mol. The Bertz CT molecular complexity index is 692. The van der Waals surface area contributed by atoms with E-state index in [1.807, 2.05) is 13.8 Å². The molecule has 0 aliphatic heterocycles. The van der Waals surface area contributed by atoms with Gasteiger partial charge in [0, 0.05) is 6.42 Å². The lowest BCUT2D eigenvalue weighted by Crippen LogP contribution is -2.55. The number of hydrogen-bond donors (Lipinski definition) is 5. The van der Waals surface area contributed by atoms with Crippen LogP contribution in [0.3, 0.4) is 0 Å². The van der Waals surface area contributed by atoms with Crippen molar-refractivity contribution in [3.05, 3.63) is 35.9 Å². The van der Waals surface area contributed by atoms with Crippen molar-refractivity contribution >= 4 is 23.8 Å². The maximum Gasteiger partial charge on any atom is 0.326 e. The number of benzene rings is 1. The van der Waals surface area contributed by atoms with Crippen molar-refractivity contribution in [1.82, 2.24) is 10.6 Å². The van der Waals surface area contributed by atoms with Crippen molar-refractivity contribution < 1.29 is 29.4 Å². The molecule has 0 fully saturated rings. The Morgan fingerprint density at radius 2 is 1.54 bits per heavy atom. The molecule has 28 heavy (non-hydrogen) atoms. The third kappa shape index (κ3) is 8.17. The number of hydrogen-bond acceptors (Lipinski definition) is 5. The van der Waals surface area contributed by atoms with Crippen molar-refractivity contribution in [2.24, 2.45) is 11.7 Å². The number of carboxylic acids is 2. The van der Waals surface area contributed by atoms with Crippen LogP contribution >= 0.6 is 0 Å². The van der Waals surface area contributed by atoms with Gasteiger partial charge in [0.15, 0.2) is 0 Å². The highest BCUT2D eigenvalue weighted by molar-refractivity contribution is 5.93. The molecule has 1 aromatic rings. The molecule has 0 aliphatic rings. The molecule has 6 N–H and O–H groups in total. The first-order valence-corrected chi connectivity index (χ1v) is 8.95. The van der Waals surface area contributed by atoms with E-state index in [1.54, 1.807) is 30.3 Å². The molecule has 154 valence electrons. The van der Waals surface area contributed by atoms with Crippen LogP contribution in [0.2, 0.25) is 0 Å². The van der Waals surface area contributed by atoms with Gasteiger partial charge in [-0.05, 0) is 17.9 Å². The average molecular weight is 393 g/mol. The lowest BCUT2D eigenvalue weighted by molar-refractivity contribution is -0.143. The second-order valence-corrected chi connectivity index (χ2v) is 6.98. The number of carbonyl (C=O) groups is 4. The highest BCUT2D eigenvalue weighted by atomic mass is 16.4. The number of aliphatic carboxylic acids is 2. The molecule has 0 radical (unpaired) electrons. The van der Waals surface area contributed by atoms with Gasteiger partial charge in [0.1, 0.15) is 12.1 Å². The van der Waals surface area contributed by atoms with Crippen molar-refractivity contribution in [3.63, 3.8) is 0 Å². The molecule has 9 heteroatoms. The Kier molecular flexibility index (Phi) is 9.10. The number of amides is 2. The van der Waals surface area contributed by atoms with E-state index in [2.05, 4.69) is 10.6 Å². The summed E-state index contributed by atoms with van der Waals surface area (Å²) in [5.74, 6) is -3.85. The number of carboxylic acid groups (broad SMARTS) is 2. The minimum atomic E-state index is -1.32. The zero-order valence-corrected chi connectivity index (χ0v) is 15.9. The maximum absolute atomic E-state index is 12.7. The highest BCUT2D eigenvalue weighted by Gasteiger charge is 2.29. The van der Waals surface area contributed by atoms with Gasteiger partial charge < -0.3 is 26.6 Å². The molecule has 9 nitrogen and oxygen atoms in total. The third-order valence-electron chi connectivity index (χ3n) is 3.97. The van der Waals surface area contributed by atoms with E-state index in [0.717, 1.165) is 5.56 Å². The number of carbonyl (C=O) groups excluding carboxylic acids is 2. The summed E-state index contributed by atoms with van der Waals surface area (Å²) in [7, 11) is 0. The van der Waals surface area contributed by atoms with Gasteiger partial charge in [0.2, 0.25) is 11.8 Å². The lowest BCUT2D eigenvalue weighted by Gasteiger charge is -2.23. The van der Waals surface area contributed by atoms with E-state index in [-0.39, 0.29) is 18.8 Å². The molecular formula is C19H27N3O6. The Balaban J connectivity index is 2.95. The van der Waals surface area contributed by atoms with Gasteiger partial charge >= 0.3 is 11.9 Å². The van der Waals surface area contributed by atoms with Crippen LogP contribution in [0.5, 0.6) is 0 Å². The Morgan fingerprint density at radius 1 is 0.964 bits per heavy atom. The molecule has 1 aromatic carbocycles. The summed E-state index contributed by atoms with van der Waals surface area (Å²) in [6.45, 7) is 3.66. The van der Waals surface area contributed by atoms with Gasteiger partial charge in [-0.1, -0.05) is 44.2 Å². The van der Waals surface area contributed by atoms with E-state index in [1.165, 1.54) is 0 Å².